The van der Waals surface area contributed by atoms with E-state index in [0.717, 1.165) is 51.4 Å². The van der Waals surface area contributed by atoms with Crippen LogP contribution in [-0.4, -0.2) is 140 Å². The first-order valence-electron chi connectivity index (χ1n) is 28.9. The first kappa shape index (κ1) is 75.8. The molecule has 0 aromatic carbocycles. The van der Waals surface area contributed by atoms with Gasteiger partial charge in [0.1, 0.15) is 0 Å². The average Bonchev–Trinajstić information content (AvgIpc) is 3.16. The lowest BCUT2D eigenvalue weighted by molar-refractivity contribution is -0.187. The van der Waals surface area contributed by atoms with Crippen molar-refractivity contribution in [3.8, 4) is 0 Å². The van der Waals surface area contributed by atoms with Crippen molar-refractivity contribution in [1.29, 1.82) is 0 Å². The maximum atomic E-state index is 15.0. The highest BCUT2D eigenvalue weighted by Crippen LogP contribution is 2.38. The van der Waals surface area contributed by atoms with Crippen molar-refractivity contribution in [1.82, 2.24) is 0 Å². The molecule has 0 heterocycles. The highest BCUT2D eigenvalue weighted by Gasteiger charge is 2.66. The number of aliphatic hydroxyl groups excluding tert-OH is 2. The molecule has 0 aliphatic carbocycles. The molecule has 15 nitrogen and oxygen atoms in total. The number of rotatable bonds is 42. The predicted molar refractivity (Wildman–Crippen MR) is 332 cm³/mol. The minimum Gasteiger partial charge on any atom is -0.437 e. The minimum absolute atomic E-state index is 0.0196. The smallest absolute Gasteiger partial charge is 0.347 e. The second-order valence-electron chi connectivity index (χ2n) is 26.9. The Morgan fingerprint density at radius 2 is 0.533 bits per heavy atom. The molecule has 25 heteroatoms. The molecule has 0 amide bonds. The maximum Gasteiger partial charge on any atom is 0.347 e. The summed E-state index contributed by atoms with van der Waals surface area (Å²) < 4.78 is 59.3. The van der Waals surface area contributed by atoms with Gasteiger partial charge in [0, 0.05) is 0 Å². The van der Waals surface area contributed by atoms with Gasteiger partial charge in [0.25, 0.3) is 0 Å². The predicted octanol–water partition coefficient (Wildman–Crippen LogP) is 13.6. The van der Waals surface area contributed by atoms with E-state index in [1.54, 1.807) is 26.2 Å². The molecule has 0 fully saturated rings. The largest absolute Gasteiger partial charge is 0.437 e. The summed E-state index contributed by atoms with van der Waals surface area (Å²) >= 11 is 0. The Morgan fingerprint density at radius 3 is 0.760 bits per heavy atom. The van der Waals surface area contributed by atoms with Crippen molar-refractivity contribution in [2.24, 2.45) is 0 Å². The first-order valence-corrected chi connectivity index (χ1v) is 58.4. The summed E-state index contributed by atoms with van der Waals surface area (Å²) in [5.74, 6) is -2.91. The number of aliphatic hydroxyl groups is 4. The van der Waals surface area contributed by atoms with Crippen LogP contribution in [0.25, 0.3) is 0 Å². The maximum absolute atomic E-state index is 15.0. The Kier molecular flexibility index (Phi) is 31.8. The van der Waals surface area contributed by atoms with Gasteiger partial charge in [0.2, 0.25) is 27.1 Å². The summed E-state index contributed by atoms with van der Waals surface area (Å²) in [5.41, 5.74) is 0. The SMILES string of the molecule is CCCCCCCCCCCC(O)C(O)(C(=O)OC(=O)C(O)(C(O)CCCCCCCCCCC)[Si](C)(C)O[Si](C)(C)O[Si](C)(C)O[Si](C)(C)O[Si](C)(C)C)[Si](C)(C)O[Si](C)(C)O[Si](C)(C)O[Si](C)(C)O[Si](C)(C)C. The fourth-order valence-electron chi connectivity index (χ4n) is 10.9. The molecule has 0 spiro atoms. The number of carbonyl (C=O) groups is 2. The van der Waals surface area contributed by atoms with Crippen LogP contribution in [0.15, 0.2) is 0 Å². The summed E-state index contributed by atoms with van der Waals surface area (Å²) in [5, 5.41) is 44.9. The van der Waals surface area contributed by atoms with Gasteiger partial charge in [-0.05, 0) is 157 Å². The van der Waals surface area contributed by atoms with Crippen LogP contribution in [-0.2, 0) is 47.2 Å². The number of carbonyl (C=O) groups excluding carboxylic acids is 2. The fourth-order valence-corrected chi connectivity index (χ4v) is 58.9. The van der Waals surface area contributed by atoms with Gasteiger partial charge >= 0.3 is 63.3 Å². The fraction of sp³-hybridized carbons (Fsp3) is 0.960. The van der Waals surface area contributed by atoms with Gasteiger partial charge in [-0.2, -0.15) is 0 Å². The molecule has 0 saturated carbocycles. The molecule has 0 bridgehead atoms. The van der Waals surface area contributed by atoms with Gasteiger partial charge in [-0.3, -0.25) is 0 Å². The minimum atomic E-state index is -3.97. The zero-order valence-electron chi connectivity index (χ0n) is 52.6. The van der Waals surface area contributed by atoms with E-state index in [-0.39, 0.29) is 12.8 Å². The normalized spacial score (nSPS) is 16.6. The lowest BCUT2D eigenvalue weighted by Crippen LogP contribution is -2.74. The van der Waals surface area contributed by atoms with Gasteiger partial charge in [-0.15, -0.1) is 0 Å². The lowest BCUT2D eigenvalue weighted by Gasteiger charge is -2.48. The van der Waals surface area contributed by atoms with Crippen LogP contribution in [0.2, 0.25) is 144 Å². The van der Waals surface area contributed by atoms with Crippen molar-refractivity contribution < 1.29 is 67.7 Å². The van der Waals surface area contributed by atoms with E-state index in [9.17, 15) is 20.4 Å². The molecule has 75 heavy (non-hydrogen) atoms. The molecule has 4 N–H and O–H groups in total. The van der Waals surface area contributed by atoms with Gasteiger partial charge in [0.15, 0.2) is 16.6 Å². The zero-order valence-corrected chi connectivity index (χ0v) is 62.6. The van der Waals surface area contributed by atoms with E-state index in [2.05, 4.69) is 53.1 Å². The monoisotopic (exact) mass is 1240 g/mol. The summed E-state index contributed by atoms with van der Waals surface area (Å²) in [6.45, 7) is 46.5. The summed E-state index contributed by atoms with van der Waals surface area (Å²) in [6, 6.07) is 0. The first-order chi connectivity index (χ1) is 33.7. The third-order valence-corrected chi connectivity index (χ3v) is 50.2. The summed E-state index contributed by atoms with van der Waals surface area (Å²) in [4.78, 5) is 30.1. The molecule has 4 unspecified atom stereocenters. The number of hydrogen-bond acceptors (Lipinski definition) is 15. The molecule has 0 radical (unpaired) electrons. The topological polar surface area (TPSA) is 198 Å². The molecule has 0 aromatic heterocycles. The lowest BCUT2D eigenvalue weighted by atomic mass is 10.0. The Bertz CT molecular complexity index is 1560. The Labute approximate surface area is 470 Å². The van der Waals surface area contributed by atoms with Crippen LogP contribution in [0.3, 0.4) is 0 Å². The Morgan fingerprint density at radius 1 is 0.333 bits per heavy atom. The van der Waals surface area contributed by atoms with Crippen molar-refractivity contribution in [3.63, 3.8) is 0 Å². The quantitative estimate of drug-likeness (QED) is 0.0195. The Balaban J connectivity index is 7.29. The molecule has 448 valence electrons. The second kappa shape index (κ2) is 31.5. The van der Waals surface area contributed by atoms with Crippen LogP contribution < -0.4 is 0 Å². The summed E-state index contributed by atoms with van der Waals surface area (Å²) in [7, 11) is -29.8. The highest BCUT2D eigenvalue weighted by atomic mass is 28.5. The van der Waals surface area contributed by atoms with Crippen LogP contribution in [0.4, 0.5) is 0 Å². The van der Waals surface area contributed by atoms with Crippen LogP contribution in [0, 0.1) is 0 Å². The second-order valence-corrected chi connectivity index (χ2v) is 66.3. The van der Waals surface area contributed by atoms with Crippen molar-refractivity contribution in [2.75, 3.05) is 0 Å². The van der Waals surface area contributed by atoms with E-state index >= 15 is 9.59 Å². The van der Waals surface area contributed by atoms with Gasteiger partial charge in [-0.1, -0.05) is 129 Å². The number of esters is 2. The summed E-state index contributed by atoms with van der Waals surface area (Å²) in [6.07, 6.45) is 14.8. The molecular formula is C50H118O15Si10. The molecule has 0 saturated heterocycles. The zero-order chi connectivity index (χ0) is 58.8. The van der Waals surface area contributed by atoms with Crippen LogP contribution in [0.1, 0.15) is 142 Å². The van der Waals surface area contributed by atoms with Gasteiger partial charge in [0.05, 0.1) is 12.2 Å². The van der Waals surface area contributed by atoms with Crippen molar-refractivity contribution >= 4 is 96.6 Å². The third-order valence-electron chi connectivity index (χ3n) is 12.8. The molecule has 0 rings (SSSR count). The third kappa shape index (κ3) is 29.1. The molecular weight excluding hydrogens is 1120 g/mol. The number of ether oxygens (including phenoxy) is 1. The van der Waals surface area contributed by atoms with Gasteiger partial charge in [-0.25, -0.2) is 9.59 Å². The standard InChI is InChI=1S/C50H118O15Si10/c1-25-27-29-31-33-35-37-39-41-43-45(51)49(55,68(9,10)60-72(17,18)64-74(21,22)62-70(13,14)58-66(3,4)5)47(53)57-48(54)50(56,46(52)44-42-40-38-36-34-32-30-28-26-2)69(11,12)61-73(19,20)65-75(23,24)63-71(15,16)59-67(6,7)8/h45-46,51-52,55-56H,25-44H2,1-24H3. The van der Waals surface area contributed by atoms with Gasteiger partial charge < -0.3 is 58.1 Å². The number of hydrogen-bond donors (Lipinski definition) is 4. The van der Waals surface area contributed by atoms with Crippen molar-refractivity contribution in [2.45, 2.75) is 309 Å². The van der Waals surface area contributed by atoms with E-state index in [1.807, 2.05) is 78.6 Å². The van der Waals surface area contributed by atoms with Crippen LogP contribution in [0.5, 0.6) is 0 Å². The average molecular weight is 1240 g/mol. The molecule has 0 aromatic rings. The van der Waals surface area contributed by atoms with E-state index in [1.165, 1.54) is 51.4 Å². The van der Waals surface area contributed by atoms with Crippen molar-refractivity contribution in [3.05, 3.63) is 0 Å². The number of unbranched alkanes of at least 4 members (excludes halogenated alkanes) is 16. The van der Waals surface area contributed by atoms with Crippen LogP contribution >= 0.6 is 0 Å². The molecule has 0 aliphatic rings. The van der Waals surface area contributed by atoms with E-state index < -0.39 is 119 Å². The van der Waals surface area contributed by atoms with E-state index in [0.29, 0.717) is 12.8 Å². The highest BCUT2D eigenvalue weighted by molar-refractivity contribution is 6.93. The Hall–Kier alpha value is 0.829. The molecule has 4 atom stereocenters. The molecule has 0 aliphatic heterocycles. The van der Waals surface area contributed by atoms with E-state index in [4.69, 9.17) is 37.7 Å².